The first kappa shape index (κ1) is 16.9. The first-order valence-electron chi connectivity index (χ1n) is 8.15. The van der Waals surface area contributed by atoms with Crippen molar-refractivity contribution < 1.29 is 4.79 Å². The molecule has 2 aromatic rings. The van der Waals surface area contributed by atoms with Gasteiger partial charge in [-0.05, 0) is 68.8 Å². The summed E-state index contributed by atoms with van der Waals surface area (Å²) in [6.07, 6.45) is 3.57. The van der Waals surface area contributed by atoms with Crippen LogP contribution in [0.1, 0.15) is 37.1 Å². The monoisotopic (exact) mass is 342 g/mol. The molecular weight excluding hydrogens is 320 g/mol. The summed E-state index contributed by atoms with van der Waals surface area (Å²) in [5.41, 5.74) is 8.15. The normalized spacial score (nSPS) is 16.1. The van der Waals surface area contributed by atoms with E-state index in [1.165, 1.54) is 11.8 Å². The molecule has 0 atom stereocenters. The molecule has 0 bridgehead atoms. The van der Waals surface area contributed by atoms with Crippen LogP contribution in [0.3, 0.4) is 0 Å². The molecule has 1 aromatic heterocycles. The quantitative estimate of drug-likeness (QED) is 0.832. The highest BCUT2D eigenvalue weighted by Gasteiger charge is 2.36. The first-order valence-corrected chi connectivity index (χ1v) is 8.97. The van der Waals surface area contributed by atoms with E-state index in [9.17, 15) is 4.79 Å². The van der Waals surface area contributed by atoms with Gasteiger partial charge in [-0.2, -0.15) is 0 Å². The Labute approximate surface area is 146 Å². The molecule has 1 aliphatic rings. The van der Waals surface area contributed by atoms with Gasteiger partial charge in [-0.25, -0.2) is 9.97 Å². The number of hydrogen-bond donors (Lipinski definition) is 2. The van der Waals surface area contributed by atoms with E-state index < -0.39 is 5.54 Å². The Morgan fingerprint density at radius 3 is 2.29 bits per heavy atom. The molecule has 5 nitrogen and oxygen atoms in total. The smallest absolute Gasteiger partial charge is 0.244 e. The molecule has 0 radical (unpaired) electrons. The Morgan fingerprint density at radius 1 is 1.12 bits per heavy atom. The zero-order chi connectivity index (χ0) is 17.2. The Kier molecular flexibility index (Phi) is 4.87. The van der Waals surface area contributed by atoms with Crippen molar-refractivity contribution in [1.82, 2.24) is 9.97 Å². The van der Waals surface area contributed by atoms with Crippen molar-refractivity contribution in [3.8, 4) is 0 Å². The lowest BCUT2D eigenvalue weighted by Gasteiger charge is -2.22. The number of nitrogens with zero attached hydrogens (tertiary/aromatic N) is 2. The van der Waals surface area contributed by atoms with Gasteiger partial charge in [0.2, 0.25) is 5.91 Å². The van der Waals surface area contributed by atoms with E-state index in [0.29, 0.717) is 0 Å². The second kappa shape index (κ2) is 6.91. The third-order valence-electron chi connectivity index (χ3n) is 4.23. The average molecular weight is 342 g/mol. The number of carbonyl (C=O) groups is 1. The van der Waals surface area contributed by atoms with Gasteiger partial charge in [0.15, 0.2) is 5.16 Å². The average Bonchev–Trinajstić information content (AvgIpc) is 2.96. The van der Waals surface area contributed by atoms with Crippen molar-refractivity contribution in [2.75, 3.05) is 5.32 Å². The molecule has 1 aromatic carbocycles. The van der Waals surface area contributed by atoms with E-state index in [1.54, 1.807) is 0 Å². The Balaban J connectivity index is 1.66. The number of anilines is 1. The fourth-order valence-corrected chi connectivity index (χ4v) is 3.80. The molecule has 6 heteroatoms. The summed E-state index contributed by atoms with van der Waals surface area (Å²) in [6, 6.07) is 9.65. The molecule has 126 valence electrons. The first-order chi connectivity index (χ1) is 11.4. The van der Waals surface area contributed by atoms with Crippen LogP contribution in [0.2, 0.25) is 0 Å². The zero-order valence-corrected chi connectivity index (χ0v) is 14.8. The molecule has 1 heterocycles. The number of nitrogens with two attached hydrogens (primary N) is 1. The van der Waals surface area contributed by atoms with Gasteiger partial charge < -0.3 is 11.1 Å². The van der Waals surface area contributed by atoms with Gasteiger partial charge in [0.25, 0.3) is 0 Å². The summed E-state index contributed by atoms with van der Waals surface area (Å²) >= 11 is 1.51. The predicted octanol–water partition coefficient (Wildman–Crippen LogP) is 3.45. The number of carbonyl (C=O) groups excluding carboxylic acids is 1. The van der Waals surface area contributed by atoms with E-state index in [2.05, 4.69) is 15.3 Å². The zero-order valence-electron chi connectivity index (χ0n) is 14.0. The Morgan fingerprint density at radius 2 is 1.71 bits per heavy atom. The third-order valence-corrected chi connectivity index (χ3v) is 5.10. The molecule has 0 unspecified atom stereocenters. The lowest BCUT2D eigenvalue weighted by molar-refractivity contribution is -0.121. The topological polar surface area (TPSA) is 80.9 Å². The highest BCUT2D eigenvalue weighted by molar-refractivity contribution is 7.99. The maximum atomic E-state index is 12.3. The van der Waals surface area contributed by atoms with Gasteiger partial charge in [0.1, 0.15) is 0 Å². The summed E-state index contributed by atoms with van der Waals surface area (Å²) < 4.78 is 0. The van der Waals surface area contributed by atoms with Crippen LogP contribution in [0, 0.1) is 13.8 Å². The van der Waals surface area contributed by atoms with Crippen molar-refractivity contribution in [3.05, 3.63) is 41.7 Å². The maximum absolute atomic E-state index is 12.3. The van der Waals surface area contributed by atoms with Crippen molar-refractivity contribution >= 4 is 23.4 Å². The Hall–Kier alpha value is -1.92. The number of amides is 1. The second-order valence-electron chi connectivity index (χ2n) is 6.38. The number of benzene rings is 1. The van der Waals surface area contributed by atoms with Gasteiger partial charge in [-0.3, -0.25) is 4.79 Å². The van der Waals surface area contributed by atoms with Gasteiger partial charge in [0, 0.05) is 22.0 Å². The number of aromatic nitrogens is 2. The molecule has 1 aliphatic carbocycles. The minimum absolute atomic E-state index is 0.0851. The van der Waals surface area contributed by atoms with E-state index in [-0.39, 0.29) is 5.91 Å². The second-order valence-corrected chi connectivity index (χ2v) is 7.42. The van der Waals surface area contributed by atoms with Crippen molar-refractivity contribution in [1.29, 1.82) is 0 Å². The molecule has 0 aliphatic heterocycles. The van der Waals surface area contributed by atoms with Crippen LogP contribution in [0.25, 0.3) is 0 Å². The molecule has 1 amide bonds. The minimum atomic E-state index is -0.708. The highest BCUT2D eigenvalue weighted by atomic mass is 32.2. The van der Waals surface area contributed by atoms with Crippen LogP contribution in [-0.4, -0.2) is 21.4 Å². The van der Waals surface area contributed by atoms with Gasteiger partial charge in [-0.1, -0.05) is 12.8 Å². The number of aryl methyl sites for hydroxylation is 2. The molecule has 24 heavy (non-hydrogen) atoms. The van der Waals surface area contributed by atoms with Gasteiger partial charge in [0.05, 0.1) is 5.54 Å². The van der Waals surface area contributed by atoms with Crippen molar-refractivity contribution in [2.45, 2.75) is 55.1 Å². The van der Waals surface area contributed by atoms with Crippen LogP contribution >= 0.6 is 11.8 Å². The molecule has 1 fully saturated rings. The van der Waals surface area contributed by atoms with Crippen molar-refractivity contribution in [3.63, 3.8) is 0 Å². The molecule has 1 saturated carbocycles. The summed E-state index contributed by atoms with van der Waals surface area (Å²) in [6.45, 7) is 3.92. The van der Waals surface area contributed by atoms with Crippen LogP contribution in [0.4, 0.5) is 5.69 Å². The highest BCUT2D eigenvalue weighted by Crippen LogP contribution is 2.29. The SMILES string of the molecule is Cc1cc(C)nc(Sc2ccc(NC(=O)C3(N)CCCC3)cc2)n1. The molecule has 0 saturated heterocycles. The summed E-state index contributed by atoms with van der Waals surface area (Å²) in [4.78, 5) is 22.2. The molecule has 0 spiro atoms. The Bertz CT molecular complexity index is 719. The van der Waals surface area contributed by atoms with Crippen LogP contribution in [0.5, 0.6) is 0 Å². The molecule has 3 N–H and O–H groups in total. The number of hydrogen-bond acceptors (Lipinski definition) is 5. The van der Waals surface area contributed by atoms with Gasteiger partial charge in [-0.15, -0.1) is 0 Å². The molecular formula is C18H22N4OS. The lowest BCUT2D eigenvalue weighted by Crippen LogP contribution is -2.48. The van der Waals surface area contributed by atoms with Crippen LogP contribution in [-0.2, 0) is 4.79 Å². The van der Waals surface area contributed by atoms with Crippen molar-refractivity contribution in [2.24, 2.45) is 5.73 Å². The maximum Gasteiger partial charge on any atom is 0.244 e. The van der Waals surface area contributed by atoms with Gasteiger partial charge >= 0.3 is 0 Å². The minimum Gasteiger partial charge on any atom is -0.324 e. The van der Waals surface area contributed by atoms with E-state index in [0.717, 1.165) is 52.8 Å². The standard InChI is InChI=1S/C18H22N4OS/c1-12-11-13(2)21-17(20-12)24-15-7-5-14(6-8-15)22-16(23)18(19)9-3-4-10-18/h5-8,11H,3-4,9-10,19H2,1-2H3,(H,22,23). The largest absolute Gasteiger partial charge is 0.324 e. The van der Waals surface area contributed by atoms with E-state index >= 15 is 0 Å². The lowest BCUT2D eigenvalue weighted by atomic mass is 9.98. The predicted molar refractivity (Wildman–Crippen MR) is 96.1 cm³/mol. The fraction of sp³-hybridized carbons (Fsp3) is 0.389. The molecule has 3 rings (SSSR count). The number of nitrogens with one attached hydrogen (secondary N) is 1. The third kappa shape index (κ3) is 3.94. The number of rotatable bonds is 4. The van der Waals surface area contributed by atoms with Crippen LogP contribution in [0.15, 0.2) is 40.4 Å². The summed E-state index contributed by atoms with van der Waals surface area (Å²) in [5, 5.41) is 3.66. The summed E-state index contributed by atoms with van der Waals surface area (Å²) in [7, 11) is 0. The van der Waals surface area contributed by atoms with Crippen LogP contribution < -0.4 is 11.1 Å². The fourth-order valence-electron chi connectivity index (χ4n) is 2.94. The van der Waals surface area contributed by atoms with E-state index in [4.69, 9.17) is 5.73 Å². The summed E-state index contributed by atoms with van der Waals surface area (Å²) in [5.74, 6) is -0.0851. The van der Waals surface area contributed by atoms with E-state index in [1.807, 2.05) is 44.2 Å².